The molecule has 0 aliphatic rings. The topological polar surface area (TPSA) is 39.2 Å². The zero-order chi connectivity index (χ0) is 9.26. The average Bonchev–Trinajstić information content (AvgIpc) is 2.72. The lowest BCUT2D eigenvalue weighted by molar-refractivity contribution is 0.492. The van der Waals surface area contributed by atoms with Gasteiger partial charge in [-0.05, 0) is 31.2 Å². The van der Waals surface area contributed by atoms with Crippen LogP contribution in [0.3, 0.4) is 0 Å². The molecule has 0 amide bonds. The lowest BCUT2D eigenvalue weighted by Gasteiger charge is -2.04. The van der Waals surface area contributed by atoms with Crippen LogP contribution in [0, 0.1) is 6.92 Å². The van der Waals surface area contributed by atoms with Crippen LogP contribution in [0.15, 0.2) is 34.9 Å². The van der Waals surface area contributed by atoms with E-state index >= 15 is 0 Å². The minimum Gasteiger partial charge on any atom is -0.467 e. The molecule has 2 rings (SSSR count). The van der Waals surface area contributed by atoms with E-state index in [0.29, 0.717) is 0 Å². The molecule has 2 nitrogen and oxygen atoms in total. The molecule has 0 saturated carbocycles. The van der Waals surface area contributed by atoms with Gasteiger partial charge in [0.15, 0.2) is 0 Å². The number of thiophene rings is 1. The van der Waals surface area contributed by atoms with Gasteiger partial charge in [-0.15, -0.1) is 11.3 Å². The molecule has 0 saturated heterocycles. The third-order valence-electron chi connectivity index (χ3n) is 1.92. The van der Waals surface area contributed by atoms with Gasteiger partial charge in [0, 0.05) is 9.75 Å². The number of furan rings is 1. The van der Waals surface area contributed by atoms with Gasteiger partial charge in [-0.2, -0.15) is 0 Å². The Bertz CT molecular complexity index is 377. The van der Waals surface area contributed by atoms with Crippen molar-refractivity contribution in [3.05, 3.63) is 46.0 Å². The van der Waals surface area contributed by atoms with Crippen molar-refractivity contribution in [1.29, 1.82) is 0 Å². The van der Waals surface area contributed by atoms with Crippen molar-refractivity contribution in [1.82, 2.24) is 0 Å². The van der Waals surface area contributed by atoms with Crippen LogP contribution in [0.2, 0.25) is 0 Å². The van der Waals surface area contributed by atoms with Gasteiger partial charge in [0.05, 0.1) is 12.3 Å². The minimum atomic E-state index is -0.117. The van der Waals surface area contributed by atoms with E-state index in [2.05, 4.69) is 13.0 Å². The summed E-state index contributed by atoms with van der Waals surface area (Å²) in [6, 6.07) is 7.76. The first kappa shape index (κ1) is 8.53. The van der Waals surface area contributed by atoms with Crippen LogP contribution in [0.5, 0.6) is 0 Å². The molecule has 13 heavy (non-hydrogen) atoms. The van der Waals surface area contributed by atoms with Gasteiger partial charge in [0.25, 0.3) is 0 Å². The van der Waals surface area contributed by atoms with Crippen molar-refractivity contribution in [3.63, 3.8) is 0 Å². The van der Waals surface area contributed by atoms with Crippen LogP contribution in [0.1, 0.15) is 21.6 Å². The summed E-state index contributed by atoms with van der Waals surface area (Å²) < 4.78 is 5.24. The highest BCUT2D eigenvalue weighted by atomic mass is 32.1. The molecule has 2 aromatic rings. The number of nitrogens with two attached hydrogens (primary N) is 1. The van der Waals surface area contributed by atoms with E-state index in [0.717, 1.165) is 10.6 Å². The molecule has 0 aliphatic carbocycles. The lowest BCUT2D eigenvalue weighted by atomic mass is 10.2. The van der Waals surface area contributed by atoms with Crippen LogP contribution in [0.4, 0.5) is 0 Å². The molecule has 0 radical (unpaired) electrons. The fraction of sp³-hybridized carbons (Fsp3) is 0.200. The van der Waals surface area contributed by atoms with Crippen molar-refractivity contribution in [2.24, 2.45) is 5.73 Å². The van der Waals surface area contributed by atoms with Crippen LogP contribution in [-0.4, -0.2) is 0 Å². The summed E-state index contributed by atoms with van der Waals surface area (Å²) in [6.07, 6.45) is 1.65. The van der Waals surface area contributed by atoms with Crippen molar-refractivity contribution in [3.8, 4) is 0 Å². The monoisotopic (exact) mass is 193 g/mol. The summed E-state index contributed by atoms with van der Waals surface area (Å²) in [7, 11) is 0. The maximum atomic E-state index is 5.99. The highest BCUT2D eigenvalue weighted by molar-refractivity contribution is 7.12. The van der Waals surface area contributed by atoms with E-state index in [9.17, 15) is 0 Å². The second kappa shape index (κ2) is 3.36. The Morgan fingerprint density at radius 1 is 1.38 bits per heavy atom. The Balaban J connectivity index is 2.28. The van der Waals surface area contributed by atoms with E-state index in [-0.39, 0.29) is 6.04 Å². The van der Waals surface area contributed by atoms with Crippen LogP contribution in [-0.2, 0) is 0 Å². The number of hydrogen-bond donors (Lipinski definition) is 1. The normalized spacial score (nSPS) is 13.1. The molecule has 0 aliphatic heterocycles. The second-order valence-electron chi connectivity index (χ2n) is 2.94. The first-order chi connectivity index (χ1) is 6.27. The highest BCUT2D eigenvalue weighted by Crippen LogP contribution is 2.26. The first-order valence-electron chi connectivity index (χ1n) is 4.12. The van der Waals surface area contributed by atoms with Gasteiger partial charge in [-0.25, -0.2) is 0 Å². The number of hydrogen-bond acceptors (Lipinski definition) is 3. The molecule has 3 heteroatoms. The summed E-state index contributed by atoms with van der Waals surface area (Å²) in [5, 5.41) is 0. The van der Waals surface area contributed by atoms with Gasteiger partial charge in [-0.1, -0.05) is 0 Å². The number of aryl methyl sites for hydroxylation is 1. The Morgan fingerprint density at radius 2 is 2.23 bits per heavy atom. The number of rotatable bonds is 2. The Kier molecular flexibility index (Phi) is 2.20. The smallest absolute Gasteiger partial charge is 0.125 e. The van der Waals surface area contributed by atoms with Crippen LogP contribution < -0.4 is 5.73 Å². The van der Waals surface area contributed by atoms with Gasteiger partial charge in [0.2, 0.25) is 0 Å². The van der Waals surface area contributed by atoms with Crippen molar-refractivity contribution in [2.75, 3.05) is 0 Å². The molecule has 0 aromatic carbocycles. The quantitative estimate of drug-likeness (QED) is 0.796. The molecule has 0 bridgehead atoms. The Morgan fingerprint density at radius 3 is 2.77 bits per heavy atom. The summed E-state index contributed by atoms with van der Waals surface area (Å²) in [5.41, 5.74) is 5.99. The van der Waals surface area contributed by atoms with E-state index in [1.807, 2.05) is 18.2 Å². The van der Waals surface area contributed by atoms with E-state index in [1.54, 1.807) is 17.6 Å². The lowest BCUT2D eigenvalue weighted by Crippen LogP contribution is -2.08. The molecular formula is C10H11NOS. The zero-order valence-corrected chi connectivity index (χ0v) is 8.17. The summed E-state index contributed by atoms with van der Waals surface area (Å²) >= 11 is 1.71. The SMILES string of the molecule is Cc1ccc(C(N)c2ccco2)s1. The van der Waals surface area contributed by atoms with Gasteiger partial charge in [0.1, 0.15) is 5.76 Å². The predicted octanol–water partition coefficient (Wildman–Crippen LogP) is 2.70. The van der Waals surface area contributed by atoms with E-state index in [1.165, 1.54) is 4.88 Å². The van der Waals surface area contributed by atoms with Gasteiger partial charge >= 0.3 is 0 Å². The van der Waals surface area contributed by atoms with Gasteiger partial charge in [-0.3, -0.25) is 0 Å². The fourth-order valence-corrected chi connectivity index (χ4v) is 2.12. The first-order valence-corrected chi connectivity index (χ1v) is 4.94. The molecule has 1 atom stereocenters. The molecule has 2 N–H and O–H groups in total. The van der Waals surface area contributed by atoms with Gasteiger partial charge < -0.3 is 10.2 Å². The van der Waals surface area contributed by atoms with Crippen LogP contribution in [0.25, 0.3) is 0 Å². The van der Waals surface area contributed by atoms with E-state index < -0.39 is 0 Å². The standard InChI is InChI=1S/C10H11NOS/c1-7-4-5-9(13-7)10(11)8-3-2-6-12-8/h2-6,10H,11H2,1H3. The average molecular weight is 193 g/mol. The molecule has 2 heterocycles. The van der Waals surface area contributed by atoms with Crippen molar-refractivity contribution in [2.45, 2.75) is 13.0 Å². The molecule has 1 unspecified atom stereocenters. The van der Waals surface area contributed by atoms with E-state index in [4.69, 9.17) is 10.2 Å². The maximum Gasteiger partial charge on any atom is 0.125 e. The molecule has 0 fully saturated rings. The maximum absolute atomic E-state index is 5.99. The molecule has 68 valence electrons. The summed E-state index contributed by atoms with van der Waals surface area (Å²) in [5.74, 6) is 0.821. The summed E-state index contributed by atoms with van der Waals surface area (Å²) in [6.45, 7) is 2.07. The predicted molar refractivity (Wildman–Crippen MR) is 53.8 cm³/mol. The molecule has 2 aromatic heterocycles. The Hall–Kier alpha value is -1.06. The second-order valence-corrected chi connectivity index (χ2v) is 4.26. The third kappa shape index (κ3) is 1.66. The van der Waals surface area contributed by atoms with Crippen molar-refractivity contribution >= 4 is 11.3 Å². The van der Waals surface area contributed by atoms with Crippen molar-refractivity contribution < 1.29 is 4.42 Å². The largest absolute Gasteiger partial charge is 0.467 e. The fourth-order valence-electron chi connectivity index (χ4n) is 1.23. The minimum absolute atomic E-state index is 0.117. The molecular weight excluding hydrogens is 182 g/mol. The highest BCUT2D eigenvalue weighted by Gasteiger charge is 2.12. The molecule has 0 spiro atoms. The van der Waals surface area contributed by atoms with Crippen LogP contribution >= 0.6 is 11.3 Å². The zero-order valence-electron chi connectivity index (χ0n) is 7.36. The summed E-state index contributed by atoms with van der Waals surface area (Å²) in [4.78, 5) is 2.42. The third-order valence-corrected chi connectivity index (χ3v) is 3.00. The Labute approximate surface area is 81.0 Å².